The fraction of sp³-hybridized carbons (Fsp3) is 0.192. The molecule has 4 nitrogen and oxygen atoms in total. The van der Waals surface area contributed by atoms with Crippen molar-refractivity contribution in [1.29, 1.82) is 0 Å². The van der Waals surface area contributed by atoms with Crippen LogP contribution in [0.1, 0.15) is 27.8 Å². The van der Waals surface area contributed by atoms with Crippen LogP contribution >= 0.6 is 34.8 Å². The van der Waals surface area contributed by atoms with Crippen LogP contribution in [0, 0.1) is 6.92 Å². The summed E-state index contributed by atoms with van der Waals surface area (Å²) in [4.78, 5) is 15.1. The molecule has 3 aromatic carbocycles. The van der Waals surface area contributed by atoms with Crippen LogP contribution in [-0.4, -0.2) is 11.6 Å². The summed E-state index contributed by atoms with van der Waals surface area (Å²) in [7, 11) is 0. The number of hydrogen-bond donors (Lipinski definition) is 0. The van der Waals surface area contributed by atoms with E-state index in [1.165, 1.54) is 0 Å². The normalized spacial score (nSPS) is 13.7. The molecule has 0 bridgehead atoms. The van der Waals surface area contributed by atoms with Crippen LogP contribution in [0.4, 0.5) is 0 Å². The zero-order valence-electron chi connectivity index (χ0n) is 17.8. The smallest absolute Gasteiger partial charge is 0.340 e. The number of ether oxygens (including phenoxy) is 1. The Bertz CT molecular complexity index is 1420. The molecule has 0 fully saturated rings. The summed E-state index contributed by atoms with van der Waals surface area (Å²) >= 11 is 18.8. The molecule has 0 amide bonds. The largest absolute Gasteiger partial charge is 0.476 e. The first kappa shape index (κ1) is 22.3. The van der Waals surface area contributed by atoms with Crippen molar-refractivity contribution in [1.82, 2.24) is 4.90 Å². The maximum absolute atomic E-state index is 13.0. The van der Waals surface area contributed by atoms with E-state index in [9.17, 15) is 4.79 Å². The molecule has 5 rings (SSSR count). The van der Waals surface area contributed by atoms with E-state index in [-0.39, 0.29) is 5.63 Å². The number of halogens is 3. The lowest BCUT2D eigenvalue weighted by atomic mass is 9.97. The van der Waals surface area contributed by atoms with Crippen molar-refractivity contribution < 1.29 is 9.15 Å². The number of nitrogens with zero attached hydrogens (tertiary/aromatic N) is 1. The van der Waals surface area contributed by atoms with Crippen molar-refractivity contribution in [2.75, 3.05) is 6.73 Å². The number of fused-ring (bicyclic) bond motifs is 3. The summed E-state index contributed by atoms with van der Waals surface area (Å²) in [6.45, 7) is 3.41. The second-order valence-electron chi connectivity index (χ2n) is 8.21. The van der Waals surface area contributed by atoms with Gasteiger partial charge in [0.2, 0.25) is 0 Å². The predicted molar refractivity (Wildman–Crippen MR) is 133 cm³/mol. The van der Waals surface area contributed by atoms with Crippen molar-refractivity contribution in [3.05, 3.63) is 108 Å². The zero-order chi connectivity index (χ0) is 23.1. The number of hydrogen-bond acceptors (Lipinski definition) is 4. The van der Waals surface area contributed by atoms with E-state index in [4.69, 9.17) is 44.0 Å². The lowest BCUT2D eigenvalue weighted by Gasteiger charge is -2.30. The van der Waals surface area contributed by atoms with Gasteiger partial charge in [-0.3, -0.25) is 4.90 Å². The molecule has 0 atom stereocenters. The van der Waals surface area contributed by atoms with Gasteiger partial charge in [0.25, 0.3) is 0 Å². The third-order valence-electron chi connectivity index (χ3n) is 5.97. The Morgan fingerprint density at radius 1 is 0.939 bits per heavy atom. The van der Waals surface area contributed by atoms with Crippen LogP contribution in [0.3, 0.4) is 0 Å². The molecule has 1 aromatic heterocycles. The highest BCUT2D eigenvalue weighted by Crippen LogP contribution is 2.40. The number of benzene rings is 3. The molecule has 0 aliphatic carbocycles. The standard InChI is InChI=1S/C26H20Cl3NO3/c1-15-18-11-23(29)25-20(13-30(14-32-25)12-17-7-8-21(27)22(28)10-17)24(18)33-26(31)19(15)9-16-5-3-2-4-6-16/h2-8,10-11H,9,12-14H2,1H3. The average molecular weight is 501 g/mol. The maximum atomic E-state index is 13.0. The maximum Gasteiger partial charge on any atom is 0.340 e. The Balaban J connectivity index is 1.53. The number of aryl methyl sites for hydroxylation is 1. The average Bonchev–Trinajstić information content (AvgIpc) is 2.81. The van der Waals surface area contributed by atoms with E-state index in [2.05, 4.69) is 4.90 Å². The van der Waals surface area contributed by atoms with E-state index >= 15 is 0 Å². The molecule has 1 aliphatic heterocycles. The highest BCUT2D eigenvalue weighted by atomic mass is 35.5. The van der Waals surface area contributed by atoms with Gasteiger partial charge in [0.1, 0.15) is 18.1 Å². The van der Waals surface area contributed by atoms with Crippen molar-refractivity contribution >= 4 is 45.8 Å². The zero-order valence-corrected chi connectivity index (χ0v) is 20.1. The fourth-order valence-corrected chi connectivity index (χ4v) is 4.86. The first-order valence-electron chi connectivity index (χ1n) is 10.5. The van der Waals surface area contributed by atoms with Crippen molar-refractivity contribution in [3.63, 3.8) is 0 Å². The van der Waals surface area contributed by atoms with Crippen molar-refractivity contribution in [3.8, 4) is 5.75 Å². The third-order valence-corrected chi connectivity index (χ3v) is 6.99. The predicted octanol–water partition coefficient (Wildman–Crippen LogP) is 7.00. The highest BCUT2D eigenvalue weighted by Gasteiger charge is 2.26. The van der Waals surface area contributed by atoms with Gasteiger partial charge in [-0.25, -0.2) is 4.79 Å². The van der Waals surface area contributed by atoms with Gasteiger partial charge in [0, 0.05) is 30.5 Å². The molecule has 1 aliphatic rings. The van der Waals surface area contributed by atoms with Gasteiger partial charge in [-0.1, -0.05) is 71.2 Å². The van der Waals surface area contributed by atoms with Crippen LogP contribution in [0.25, 0.3) is 11.0 Å². The van der Waals surface area contributed by atoms with Gasteiger partial charge < -0.3 is 9.15 Å². The second kappa shape index (κ2) is 9.03. The summed E-state index contributed by atoms with van der Waals surface area (Å²) in [5, 5.41) is 2.36. The van der Waals surface area contributed by atoms with Crippen LogP contribution in [0.2, 0.25) is 15.1 Å². The number of rotatable bonds is 4. The molecule has 2 heterocycles. The van der Waals surface area contributed by atoms with Crippen molar-refractivity contribution in [2.45, 2.75) is 26.4 Å². The van der Waals surface area contributed by atoms with Crippen LogP contribution < -0.4 is 10.4 Å². The van der Waals surface area contributed by atoms with Gasteiger partial charge in [0.15, 0.2) is 0 Å². The van der Waals surface area contributed by atoms with Crippen LogP contribution in [-0.2, 0) is 19.5 Å². The summed E-state index contributed by atoms with van der Waals surface area (Å²) in [5.41, 5.74) is 4.52. The quantitative estimate of drug-likeness (QED) is 0.283. The first-order valence-corrected chi connectivity index (χ1v) is 11.6. The lowest BCUT2D eigenvalue weighted by Crippen LogP contribution is -2.32. The van der Waals surface area contributed by atoms with E-state index < -0.39 is 0 Å². The van der Waals surface area contributed by atoms with Crippen molar-refractivity contribution in [2.24, 2.45) is 0 Å². The fourth-order valence-electron chi connectivity index (χ4n) is 4.26. The Morgan fingerprint density at radius 3 is 2.48 bits per heavy atom. The molecule has 0 saturated heterocycles. The monoisotopic (exact) mass is 499 g/mol. The minimum Gasteiger partial charge on any atom is -0.476 e. The molecule has 0 saturated carbocycles. The van der Waals surface area contributed by atoms with Crippen LogP contribution in [0.15, 0.2) is 63.8 Å². The van der Waals surface area contributed by atoms with E-state index in [1.807, 2.05) is 55.5 Å². The third kappa shape index (κ3) is 4.36. The van der Waals surface area contributed by atoms with Crippen LogP contribution in [0.5, 0.6) is 5.75 Å². The molecule has 0 radical (unpaired) electrons. The first-order chi connectivity index (χ1) is 15.9. The summed E-state index contributed by atoms with van der Waals surface area (Å²) in [6.07, 6.45) is 0.500. The van der Waals surface area contributed by atoms with E-state index in [0.717, 1.165) is 27.6 Å². The minimum atomic E-state index is -0.338. The summed E-state index contributed by atoms with van der Waals surface area (Å²) in [5.74, 6) is 0.563. The second-order valence-corrected chi connectivity index (χ2v) is 9.43. The highest BCUT2D eigenvalue weighted by molar-refractivity contribution is 6.42. The van der Waals surface area contributed by atoms with Gasteiger partial charge in [-0.2, -0.15) is 0 Å². The van der Waals surface area contributed by atoms with E-state index in [1.54, 1.807) is 6.07 Å². The molecule has 0 N–H and O–H groups in total. The molecular formula is C26H20Cl3NO3. The molecule has 4 aromatic rings. The molecule has 0 spiro atoms. The Morgan fingerprint density at radius 2 is 1.73 bits per heavy atom. The Kier molecular flexibility index (Phi) is 6.11. The molecule has 0 unspecified atom stereocenters. The topological polar surface area (TPSA) is 42.7 Å². The van der Waals surface area contributed by atoms with Gasteiger partial charge in [0.05, 0.1) is 20.6 Å². The lowest BCUT2D eigenvalue weighted by molar-refractivity contribution is 0.0890. The Labute approximate surface area is 206 Å². The van der Waals surface area contributed by atoms with Gasteiger partial charge >= 0.3 is 5.63 Å². The molecular weight excluding hydrogens is 481 g/mol. The Hall–Kier alpha value is -2.50. The summed E-state index contributed by atoms with van der Waals surface area (Å²) < 4.78 is 11.9. The molecule has 7 heteroatoms. The van der Waals surface area contributed by atoms with Gasteiger partial charge in [-0.05, 0) is 41.8 Å². The van der Waals surface area contributed by atoms with E-state index in [0.29, 0.717) is 58.2 Å². The minimum absolute atomic E-state index is 0.338. The van der Waals surface area contributed by atoms with Gasteiger partial charge in [-0.15, -0.1) is 0 Å². The summed E-state index contributed by atoms with van der Waals surface area (Å²) in [6, 6.07) is 17.2. The SMILES string of the molecule is Cc1c(Cc2ccccc2)c(=O)oc2c3c(c(Cl)cc12)OCN(Cc1ccc(Cl)c(Cl)c1)C3. The molecule has 33 heavy (non-hydrogen) atoms. The molecule has 168 valence electrons.